The standard InChI is InChI=1S/C17H23N3O3/c1-11(2)17(3,23)10-19-16(22)18-9-12-8-15(21)20-14-7-5-4-6-13(12)14/h4-8,11,23H,9-10H2,1-3H3,(H,20,21)(H2,18,19,22). The zero-order chi connectivity index (χ0) is 17.0. The summed E-state index contributed by atoms with van der Waals surface area (Å²) in [7, 11) is 0. The van der Waals surface area contributed by atoms with Crippen LogP contribution in [0.2, 0.25) is 0 Å². The number of para-hydroxylation sites is 1. The summed E-state index contributed by atoms with van der Waals surface area (Å²) in [5, 5.41) is 16.4. The average molecular weight is 317 g/mol. The van der Waals surface area contributed by atoms with Crippen molar-refractivity contribution in [2.24, 2.45) is 5.92 Å². The van der Waals surface area contributed by atoms with Crippen molar-refractivity contribution in [2.45, 2.75) is 32.9 Å². The number of aromatic amines is 1. The van der Waals surface area contributed by atoms with Crippen molar-refractivity contribution in [3.63, 3.8) is 0 Å². The molecule has 0 spiro atoms. The fraction of sp³-hybridized carbons (Fsp3) is 0.412. The number of aliphatic hydroxyl groups is 1. The quantitative estimate of drug-likeness (QED) is 0.676. The first kappa shape index (κ1) is 17.0. The number of fused-ring (bicyclic) bond motifs is 1. The summed E-state index contributed by atoms with van der Waals surface area (Å²) in [4.78, 5) is 26.3. The molecule has 124 valence electrons. The lowest BCUT2D eigenvalue weighted by Gasteiger charge is -2.27. The van der Waals surface area contributed by atoms with Gasteiger partial charge in [0.15, 0.2) is 0 Å². The van der Waals surface area contributed by atoms with Crippen molar-refractivity contribution in [3.05, 3.63) is 46.2 Å². The van der Waals surface area contributed by atoms with Crippen molar-refractivity contribution in [1.82, 2.24) is 15.6 Å². The lowest BCUT2D eigenvalue weighted by atomic mass is 9.93. The number of rotatable bonds is 5. The van der Waals surface area contributed by atoms with Crippen LogP contribution < -0.4 is 16.2 Å². The van der Waals surface area contributed by atoms with Gasteiger partial charge in [0.25, 0.3) is 0 Å². The summed E-state index contributed by atoms with van der Waals surface area (Å²) in [6.07, 6.45) is 0. The van der Waals surface area contributed by atoms with Crippen molar-refractivity contribution in [2.75, 3.05) is 6.54 Å². The number of H-pyrrole nitrogens is 1. The topological polar surface area (TPSA) is 94.2 Å². The van der Waals surface area contributed by atoms with Crippen LogP contribution in [0.1, 0.15) is 26.3 Å². The lowest BCUT2D eigenvalue weighted by molar-refractivity contribution is 0.0166. The molecule has 0 saturated carbocycles. The minimum atomic E-state index is -0.964. The highest BCUT2D eigenvalue weighted by molar-refractivity contribution is 5.82. The molecule has 0 aliphatic rings. The number of benzene rings is 1. The molecule has 1 atom stereocenters. The Hall–Kier alpha value is -2.34. The van der Waals surface area contributed by atoms with E-state index in [0.717, 1.165) is 16.5 Å². The lowest BCUT2D eigenvalue weighted by Crippen LogP contribution is -2.47. The zero-order valence-electron chi connectivity index (χ0n) is 13.6. The van der Waals surface area contributed by atoms with Crippen LogP contribution in [0.5, 0.6) is 0 Å². The number of urea groups is 1. The molecule has 1 aromatic carbocycles. The molecule has 0 fully saturated rings. The fourth-order valence-electron chi connectivity index (χ4n) is 2.12. The fourth-order valence-corrected chi connectivity index (χ4v) is 2.12. The van der Waals surface area contributed by atoms with Gasteiger partial charge in [-0.15, -0.1) is 0 Å². The Morgan fingerprint density at radius 1 is 1.30 bits per heavy atom. The molecule has 2 rings (SSSR count). The van der Waals surface area contributed by atoms with Crippen LogP contribution in [0.4, 0.5) is 4.79 Å². The second kappa shape index (κ2) is 6.83. The van der Waals surface area contributed by atoms with Gasteiger partial charge in [-0.05, 0) is 24.5 Å². The molecule has 0 aliphatic heterocycles. The van der Waals surface area contributed by atoms with Crippen LogP contribution in [0.3, 0.4) is 0 Å². The molecule has 6 heteroatoms. The van der Waals surface area contributed by atoms with Crippen molar-refractivity contribution < 1.29 is 9.90 Å². The maximum absolute atomic E-state index is 11.9. The highest BCUT2D eigenvalue weighted by Crippen LogP contribution is 2.15. The number of hydrogen-bond donors (Lipinski definition) is 4. The van der Waals surface area contributed by atoms with Gasteiger partial charge in [-0.2, -0.15) is 0 Å². The molecule has 1 aromatic heterocycles. The van der Waals surface area contributed by atoms with Gasteiger partial charge >= 0.3 is 6.03 Å². The molecule has 23 heavy (non-hydrogen) atoms. The third kappa shape index (κ3) is 4.32. The van der Waals surface area contributed by atoms with E-state index < -0.39 is 5.60 Å². The summed E-state index contributed by atoms with van der Waals surface area (Å²) in [6, 6.07) is 8.53. The van der Waals surface area contributed by atoms with Crippen molar-refractivity contribution in [1.29, 1.82) is 0 Å². The number of aromatic nitrogens is 1. The van der Waals surface area contributed by atoms with Gasteiger partial charge in [0.1, 0.15) is 0 Å². The number of pyridine rings is 1. The van der Waals surface area contributed by atoms with Crippen LogP contribution >= 0.6 is 0 Å². The zero-order valence-corrected chi connectivity index (χ0v) is 13.6. The van der Waals surface area contributed by atoms with E-state index in [1.807, 2.05) is 38.1 Å². The molecule has 0 bridgehead atoms. The predicted octanol–water partition coefficient (Wildman–Crippen LogP) is 1.73. The maximum atomic E-state index is 11.9. The maximum Gasteiger partial charge on any atom is 0.315 e. The van der Waals surface area contributed by atoms with Gasteiger partial charge in [0.05, 0.1) is 5.60 Å². The normalized spacial score (nSPS) is 13.8. The molecule has 2 aromatic rings. The van der Waals surface area contributed by atoms with Crippen LogP contribution in [0, 0.1) is 5.92 Å². The van der Waals surface area contributed by atoms with Gasteiger partial charge in [-0.3, -0.25) is 4.79 Å². The van der Waals surface area contributed by atoms with E-state index in [-0.39, 0.29) is 30.6 Å². The van der Waals surface area contributed by atoms with Crippen LogP contribution in [-0.2, 0) is 6.54 Å². The van der Waals surface area contributed by atoms with E-state index in [0.29, 0.717) is 0 Å². The Bertz CT molecular complexity index is 750. The minimum absolute atomic E-state index is 0.0272. The molecule has 6 nitrogen and oxygen atoms in total. The molecule has 1 heterocycles. The number of carbonyl (C=O) groups is 1. The average Bonchev–Trinajstić information content (AvgIpc) is 2.50. The molecule has 4 N–H and O–H groups in total. The first-order chi connectivity index (χ1) is 10.8. The third-order valence-electron chi connectivity index (χ3n) is 4.13. The van der Waals surface area contributed by atoms with Gasteiger partial charge in [0, 0.05) is 30.1 Å². The van der Waals surface area contributed by atoms with E-state index in [9.17, 15) is 14.7 Å². The Kier molecular flexibility index (Phi) is 5.05. The molecule has 0 aliphatic carbocycles. The Labute approximate surface area is 134 Å². The number of hydrogen-bond acceptors (Lipinski definition) is 3. The van der Waals surface area contributed by atoms with Crippen molar-refractivity contribution in [3.8, 4) is 0 Å². The third-order valence-corrected chi connectivity index (χ3v) is 4.13. The summed E-state index contributed by atoms with van der Waals surface area (Å²) in [5.74, 6) is 0.0272. The predicted molar refractivity (Wildman–Crippen MR) is 90.3 cm³/mol. The summed E-state index contributed by atoms with van der Waals surface area (Å²) in [6.45, 7) is 5.86. The largest absolute Gasteiger partial charge is 0.388 e. The SMILES string of the molecule is CC(C)C(C)(O)CNC(=O)NCc1cc(=O)[nH]c2ccccc12. The Morgan fingerprint density at radius 2 is 2.00 bits per heavy atom. The van der Waals surface area contributed by atoms with Gasteiger partial charge in [-0.1, -0.05) is 32.0 Å². The molecule has 0 radical (unpaired) electrons. The summed E-state index contributed by atoms with van der Waals surface area (Å²) >= 11 is 0. The minimum Gasteiger partial charge on any atom is -0.388 e. The molecular formula is C17H23N3O3. The summed E-state index contributed by atoms with van der Waals surface area (Å²) in [5.41, 5.74) is 0.312. The second-order valence-electron chi connectivity index (χ2n) is 6.25. The Morgan fingerprint density at radius 3 is 2.70 bits per heavy atom. The first-order valence-corrected chi connectivity index (χ1v) is 7.64. The molecule has 0 saturated heterocycles. The highest BCUT2D eigenvalue weighted by Gasteiger charge is 2.25. The van der Waals surface area contributed by atoms with E-state index in [1.165, 1.54) is 6.07 Å². The Balaban J connectivity index is 2.01. The van der Waals surface area contributed by atoms with Crippen LogP contribution in [-0.4, -0.2) is 28.3 Å². The first-order valence-electron chi connectivity index (χ1n) is 7.64. The number of amides is 2. The van der Waals surface area contributed by atoms with E-state index in [4.69, 9.17) is 0 Å². The number of carbonyl (C=O) groups excluding carboxylic acids is 1. The van der Waals surface area contributed by atoms with Crippen LogP contribution in [0.25, 0.3) is 10.9 Å². The summed E-state index contributed by atoms with van der Waals surface area (Å²) < 4.78 is 0. The van der Waals surface area contributed by atoms with Gasteiger partial charge < -0.3 is 20.7 Å². The van der Waals surface area contributed by atoms with E-state index in [1.54, 1.807) is 6.92 Å². The van der Waals surface area contributed by atoms with Gasteiger partial charge in [0.2, 0.25) is 5.56 Å². The second-order valence-corrected chi connectivity index (χ2v) is 6.25. The smallest absolute Gasteiger partial charge is 0.315 e. The van der Waals surface area contributed by atoms with Crippen LogP contribution in [0.15, 0.2) is 35.1 Å². The van der Waals surface area contributed by atoms with Gasteiger partial charge in [-0.25, -0.2) is 4.79 Å². The monoisotopic (exact) mass is 317 g/mol. The molecular weight excluding hydrogens is 294 g/mol. The highest BCUT2D eigenvalue weighted by atomic mass is 16.3. The van der Waals surface area contributed by atoms with E-state index in [2.05, 4.69) is 15.6 Å². The molecule has 1 unspecified atom stereocenters. The number of nitrogens with one attached hydrogen (secondary N) is 3. The van der Waals surface area contributed by atoms with E-state index >= 15 is 0 Å². The van der Waals surface area contributed by atoms with Crippen molar-refractivity contribution >= 4 is 16.9 Å². The molecule has 2 amide bonds.